The van der Waals surface area contributed by atoms with Gasteiger partial charge in [0.2, 0.25) is 0 Å². The minimum atomic E-state index is -1.01. The van der Waals surface area contributed by atoms with Crippen molar-refractivity contribution in [2.45, 2.75) is 13.8 Å². The third-order valence-corrected chi connectivity index (χ3v) is 1.17. The molecule has 7 nitrogen and oxygen atoms in total. The van der Waals surface area contributed by atoms with Crippen LogP contribution in [-0.4, -0.2) is 18.0 Å². The Kier molecular flexibility index (Phi) is 5.33. The lowest BCUT2D eigenvalue weighted by atomic mass is 10.4. The summed E-state index contributed by atoms with van der Waals surface area (Å²) in [5.74, 6) is -1.61. The first-order valence-electron chi connectivity index (χ1n) is 4.14. The number of hydrogen-bond donors (Lipinski definition) is 2. The second-order valence-electron chi connectivity index (χ2n) is 2.87. The van der Waals surface area contributed by atoms with E-state index in [1.807, 2.05) is 0 Å². The fourth-order valence-corrected chi connectivity index (χ4v) is 0.380. The Bertz CT molecular complexity index is 316. The first-order chi connectivity index (χ1) is 7.34. The van der Waals surface area contributed by atoms with Crippen molar-refractivity contribution in [3.8, 4) is 0 Å². The maximum Gasteiger partial charge on any atom is 0.381 e. The zero-order chi connectivity index (χ0) is 12.7. The van der Waals surface area contributed by atoms with Crippen molar-refractivity contribution in [2.24, 2.45) is 0 Å². The van der Waals surface area contributed by atoms with E-state index in [1.54, 1.807) is 11.0 Å². The standard InChI is InChI=1S/C9H12N2O5/c1-5(2)7(12)15-10-9(14)11-16-8(13)6(3)4/h1,3H2,2,4H3,(H2,10,11,14). The molecule has 88 valence electrons. The molecule has 0 aromatic heterocycles. The van der Waals surface area contributed by atoms with Crippen LogP contribution in [0.25, 0.3) is 0 Å². The van der Waals surface area contributed by atoms with Crippen LogP contribution in [0.5, 0.6) is 0 Å². The zero-order valence-corrected chi connectivity index (χ0v) is 8.96. The van der Waals surface area contributed by atoms with E-state index in [-0.39, 0.29) is 11.1 Å². The van der Waals surface area contributed by atoms with Gasteiger partial charge in [0, 0.05) is 11.1 Å². The van der Waals surface area contributed by atoms with Crippen LogP contribution in [0, 0.1) is 0 Å². The van der Waals surface area contributed by atoms with Crippen LogP contribution in [0.2, 0.25) is 0 Å². The van der Waals surface area contributed by atoms with Crippen molar-refractivity contribution < 1.29 is 24.1 Å². The largest absolute Gasteiger partial charge is 0.381 e. The van der Waals surface area contributed by atoms with Gasteiger partial charge < -0.3 is 9.68 Å². The summed E-state index contributed by atoms with van der Waals surface area (Å²) in [6.45, 7) is 9.39. The molecule has 0 rings (SSSR count). The zero-order valence-electron chi connectivity index (χ0n) is 8.96. The maximum atomic E-state index is 10.9. The van der Waals surface area contributed by atoms with Crippen LogP contribution in [-0.2, 0) is 19.3 Å². The van der Waals surface area contributed by atoms with Crippen LogP contribution >= 0.6 is 0 Å². The second-order valence-corrected chi connectivity index (χ2v) is 2.87. The molecule has 0 saturated carbocycles. The lowest BCUT2D eigenvalue weighted by Crippen LogP contribution is -2.38. The highest BCUT2D eigenvalue weighted by Crippen LogP contribution is 1.90. The third-order valence-electron chi connectivity index (χ3n) is 1.17. The highest BCUT2D eigenvalue weighted by Gasteiger charge is 2.09. The lowest BCUT2D eigenvalue weighted by Gasteiger charge is -2.06. The molecule has 0 spiro atoms. The minimum Gasteiger partial charge on any atom is -0.334 e. The van der Waals surface area contributed by atoms with E-state index in [0.717, 1.165) is 0 Å². The molecule has 0 radical (unpaired) electrons. The molecule has 2 N–H and O–H groups in total. The number of urea groups is 1. The Labute approximate surface area is 92.0 Å². The molecule has 0 atom stereocenters. The van der Waals surface area contributed by atoms with Gasteiger partial charge in [0.15, 0.2) is 0 Å². The van der Waals surface area contributed by atoms with E-state index in [1.165, 1.54) is 13.8 Å². The highest BCUT2D eigenvalue weighted by molar-refractivity contribution is 5.89. The van der Waals surface area contributed by atoms with Crippen LogP contribution < -0.4 is 11.0 Å². The van der Waals surface area contributed by atoms with Crippen molar-refractivity contribution >= 4 is 18.0 Å². The summed E-state index contributed by atoms with van der Waals surface area (Å²) in [6, 6.07) is -1.01. The maximum absolute atomic E-state index is 10.9. The van der Waals surface area contributed by atoms with Crippen molar-refractivity contribution in [2.75, 3.05) is 0 Å². The fraction of sp³-hybridized carbons (Fsp3) is 0.222. The molecule has 0 aliphatic rings. The van der Waals surface area contributed by atoms with Crippen LogP contribution in [0.3, 0.4) is 0 Å². The van der Waals surface area contributed by atoms with Gasteiger partial charge in [-0.3, -0.25) is 0 Å². The number of rotatable bonds is 2. The smallest absolute Gasteiger partial charge is 0.334 e. The summed E-state index contributed by atoms with van der Waals surface area (Å²) in [7, 11) is 0. The van der Waals surface area contributed by atoms with E-state index in [0.29, 0.717) is 0 Å². The van der Waals surface area contributed by atoms with Crippen LogP contribution in [0.4, 0.5) is 4.79 Å². The van der Waals surface area contributed by atoms with E-state index in [2.05, 4.69) is 22.8 Å². The highest BCUT2D eigenvalue weighted by atomic mass is 16.7. The number of carbonyl (C=O) groups is 3. The summed E-state index contributed by atoms with van der Waals surface area (Å²) < 4.78 is 0. The van der Waals surface area contributed by atoms with Crippen molar-refractivity contribution in [1.29, 1.82) is 0 Å². The molecule has 0 aliphatic heterocycles. The molecule has 0 aliphatic carbocycles. The van der Waals surface area contributed by atoms with E-state index in [9.17, 15) is 14.4 Å². The van der Waals surface area contributed by atoms with Gasteiger partial charge in [-0.2, -0.15) is 11.0 Å². The molecule has 0 bridgehead atoms. The molecule has 0 aromatic rings. The van der Waals surface area contributed by atoms with Gasteiger partial charge in [0.25, 0.3) is 0 Å². The summed E-state index contributed by atoms with van der Waals surface area (Å²) >= 11 is 0. The quantitative estimate of drug-likeness (QED) is 0.525. The second kappa shape index (κ2) is 6.23. The van der Waals surface area contributed by atoms with Crippen molar-refractivity contribution in [1.82, 2.24) is 11.0 Å². The third kappa shape index (κ3) is 5.43. The van der Waals surface area contributed by atoms with Gasteiger partial charge in [0.05, 0.1) is 0 Å². The topological polar surface area (TPSA) is 93.7 Å². The van der Waals surface area contributed by atoms with Crippen LogP contribution in [0.15, 0.2) is 24.3 Å². The Balaban J connectivity index is 3.84. The van der Waals surface area contributed by atoms with Gasteiger partial charge in [-0.05, 0) is 13.8 Å². The Hall–Kier alpha value is -2.31. The van der Waals surface area contributed by atoms with E-state index in [4.69, 9.17) is 0 Å². The summed E-state index contributed by atoms with van der Waals surface area (Å²) in [6.07, 6.45) is 0. The molecule has 16 heavy (non-hydrogen) atoms. The predicted molar refractivity (Wildman–Crippen MR) is 53.5 cm³/mol. The molecule has 0 aromatic carbocycles. The van der Waals surface area contributed by atoms with Gasteiger partial charge in [-0.15, -0.1) is 0 Å². The number of hydrogen-bond acceptors (Lipinski definition) is 5. The molecule has 7 heteroatoms. The monoisotopic (exact) mass is 228 g/mol. The van der Waals surface area contributed by atoms with Crippen molar-refractivity contribution in [3.63, 3.8) is 0 Å². The molecule has 2 amide bonds. The predicted octanol–water partition coefficient (Wildman–Crippen LogP) is 0.354. The first-order valence-corrected chi connectivity index (χ1v) is 4.14. The molecular formula is C9H12N2O5. The molecule has 0 saturated heterocycles. The lowest BCUT2D eigenvalue weighted by molar-refractivity contribution is -0.146. The van der Waals surface area contributed by atoms with E-state index < -0.39 is 18.0 Å². The Morgan fingerprint density at radius 1 is 0.875 bits per heavy atom. The minimum absolute atomic E-state index is 0.110. The van der Waals surface area contributed by atoms with Gasteiger partial charge in [0.1, 0.15) is 0 Å². The molecule has 0 fully saturated rings. The molecule has 0 heterocycles. The summed E-state index contributed by atoms with van der Waals surface area (Å²) in [4.78, 5) is 41.0. The Morgan fingerprint density at radius 2 is 1.19 bits per heavy atom. The van der Waals surface area contributed by atoms with E-state index >= 15 is 0 Å². The summed E-state index contributed by atoms with van der Waals surface area (Å²) in [5.41, 5.74) is 3.60. The molecule has 0 unspecified atom stereocenters. The van der Waals surface area contributed by atoms with Crippen molar-refractivity contribution in [3.05, 3.63) is 24.3 Å². The first kappa shape index (κ1) is 13.7. The number of amides is 2. The number of nitrogens with one attached hydrogen (secondary N) is 2. The van der Waals surface area contributed by atoms with Gasteiger partial charge in [-0.1, -0.05) is 13.2 Å². The fourth-order valence-electron chi connectivity index (χ4n) is 0.380. The Morgan fingerprint density at radius 3 is 1.44 bits per heavy atom. The average molecular weight is 228 g/mol. The normalized spacial score (nSPS) is 8.62. The summed E-state index contributed by atoms with van der Waals surface area (Å²) in [5, 5.41) is 0. The van der Waals surface area contributed by atoms with Crippen LogP contribution in [0.1, 0.15) is 13.8 Å². The van der Waals surface area contributed by atoms with Gasteiger partial charge >= 0.3 is 18.0 Å². The SMILES string of the molecule is C=C(C)C(=O)ONC(=O)NOC(=O)C(=C)C. The average Bonchev–Trinajstić information content (AvgIpc) is 2.21. The van der Waals surface area contributed by atoms with Gasteiger partial charge in [-0.25, -0.2) is 14.4 Å². The number of carbonyl (C=O) groups excluding carboxylic acids is 3. The molecular weight excluding hydrogens is 216 g/mol. The number of hydroxylamine groups is 2.